The first kappa shape index (κ1) is 10.1. The first-order chi connectivity index (χ1) is 8.43. The highest BCUT2D eigenvalue weighted by Crippen LogP contribution is 2.24. The molecule has 0 fully saturated rings. The largest absolute Gasteiger partial charge is 0.265 e. The molecule has 2 aromatic rings. The summed E-state index contributed by atoms with van der Waals surface area (Å²) in [5.74, 6) is 0.399. The minimum Gasteiger partial charge on any atom is -0.265 e. The number of hydrogen-bond acceptors (Lipinski definition) is 2. The highest BCUT2D eigenvalue weighted by Gasteiger charge is 2.19. The van der Waals surface area contributed by atoms with Crippen LogP contribution in [0.3, 0.4) is 0 Å². The molecular weight excluding hydrogens is 208 g/mol. The molecule has 3 rings (SSSR count). The number of hydrogen-bond donors (Lipinski definition) is 0. The van der Waals surface area contributed by atoms with Gasteiger partial charge in [0.1, 0.15) is 0 Å². The van der Waals surface area contributed by atoms with Gasteiger partial charge in [-0.25, -0.2) is 0 Å². The van der Waals surface area contributed by atoms with E-state index in [1.807, 2.05) is 30.5 Å². The molecule has 2 heteroatoms. The summed E-state index contributed by atoms with van der Waals surface area (Å²) in [5, 5.41) is 6.53. The van der Waals surface area contributed by atoms with Gasteiger partial charge in [0.05, 0.1) is 12.2 Å². The maximum absolute atomic E-state index is 4.47. The molecule has 1 aliphatic rings. The third-order valence-corrected chi connectivity index (χ3v) is 3.04. The summed E-state index contributed by atoms with van der Waals surface area (Å²) in [6.45, 7) is 0.925. The van der Waals surface area contributed by atoms with Crippen molar-refractivity contribution < 1.29 is 0 Å². The molecule has 0 saturated carbocycles. The Morgan fingerprint density at radius 3 is 2.24 bits per heavy atom. The van der Waals surface area contributed by atoms with E-state index in [1.165, 1.54) is 5.56 Å². The molecule has 0 amide bonds. The SMILES string of the molecule is C1=NN(c2ccccc2)CC1c1ccccc1. The van der Waals surface area contributed by atoms with Crippen LogP contribution in [0, 0.1) is 0 Å². The Labute approximate surface area is 101 Å². The van der Waals surface area contributed by atoms with E-state index in [2.05, 4.69) is 46.5 Å². The van der Waals surface area contributed by atoms with E-state index < -0.39 is 0 Å². The van der Waals surface area contributed by atoms with Crippen LogP contribution >= 0.6 is 0 Å². The van der Waals surface area contributed by atoms with Gasteiger partial charge in [0.15, 0.2) is 0 Å². The van der Waals surface area contributed by atoms with Gasteiger partial charge in [0.2, 0.25) is 0 Å². The molecule has 0 radical (unpaired) electrons. The highest BCUT2D eigenvalue weighted by atomic mass is 15.5. The number of anilines is 1. The fourth-order valence-corrected chi connectivity index (χ4v) is 2.11. The van der Waals surface area contributed by atoms with E-state index in [0.29, 0.717) is 5.92 Å². The zero-order chi connectivity index (χ0) is 11.5. The fraction of sp³-hybridized carbons (Fsp3) is 0.133. The molecule has 0 spiro atoms. The predicted molar refractivity (Wildman–Crippen MR) is 71.5 cm³/mol. The van der Waals surface area contributed by atoms with Crippen molar-refractivity contribution in [3.8, 4) is 0 Å². The summed E-state index contributed by atoms with van der Waals surface area (Å²) < 4.78 is 0. The number of nitrogens with zero attached hydrogens (tertiary/aromatic N) is 2. The van der Waals surface area contributed by atoms with Crippen LogP contribution in [0.1, 0.15) is 11.5 Å². The topological polar surface area (TPSA) is 15.6 Å². The van der Waals surface area contributed by atoms with Gasteiger partial charge < -0.3 is 0 Å². The Balaban J connectivity index is 1.78. The Morgan fingerprint density at radius 2 is 1.53 bits per heavy atom. The first-order valence-electron chi connectivity index (χ1n) is 5.85. The minimum atomic E-state index is 0.399. The minimum absolute atomic E-state index is 0.399. The van der Waals surface area contributed by atoms with E-state index >= 15 is 0 Å². The molecule has 2 nitrogen and oxygen atoms in total. The van der Waals surface area contributed by atoms with Gasteiger partial charge in [-0.3, -0.25) is 5.01 Å². The molecule has 0 aliphatic carbocycles. The molecule has 0 saturated heterocycles. The third-order valence-electron chi connectivity index (χ3n) is 3.04. The number of para-hydroxylation sites is 1. The Bertz CT molecular complexity index is 457. The van der Waals surface area contributed by atoms with E-state index in [9.17, 15) is 0 Å². The molecule has 17 heavy (non-hydrogen) atoms. The second-order valence-corrected chi connectivity index (χ2v) is 4.20. The van der Waals surface area contributed by atoms with Crippen molar-refractivity contribution in [3.05, 3.63) is 66.2 Å². The standard InChI is InChI=1S/C15H14N2/c1-3-7-13(8-4-1)14-11-16-17(12-14)15-9-5-2-6-10-15/h1-11,14H,12H2. The molecule has 1 unspecified atom stereocenters. The summed E-state index contributed by atoms with van der Waals surface area (Å²) in [6, 6.07) is 20.8. The smallest absolute Gasteiger partial charge is 0.0594 e. The monoisotopic (exact) mass is 222 g/mol. The van der Waals surface area contributed by atoms with E-state index in [0.717, 1.165) is 12.2 Å². The van der Waals surface area contributed by atoms with Gasteiger partial charge in [-0.1, -0.05) is 48.5 Å². The van der Waals surface area contributed by atoms with Gasteiger partial charge >= 0.3 is 0 Å². The van der Waals surface area contributed by atoms with Crippen molar-refractivity contribution in [1.82, 2.24) is 0 Å². The molecule has 84 valence electrons. The Hall–Kier alpha value is -2.09. The first-order valence-corrected chi connectivity index (χ1v) is 5.85. The quantitative estimate of drug-likeness (QED) is 0.761. The molecular formula is C15H14N2. The average Bonchev–Trinajstić information content (AvgIpc) is 2.90. The van der Waals surface area contributed by atoms with Crippen molar-refractivity contribution >= 4 is 11.9 Å². The van der Waals surface area contributed by atoms with Crippen LogP contribution in [0.4, 0.5) is 5.69 Å². The lowest BCUT2D eigenvalue weighted by Crippen LogP contribution is -2.16. The highest BCUT2D eigenvalue weighted by molar-refractivity contribution is 5.74. The van der Waals surface area contributed by atoms with Crippen LogP contribution in [0.5, 0.6) is 0 Å². The van der Waals surface area contributed by atoms with Gasteiger partial charge in [-0.2, -0.15) is 5.10 Å². The summed E-state index contributed by atoms with van der Waals surface area (Å²) in [6.07, 6.45) is 2.03. The van der Waals surface area contributed by atoms with Crippen LogP contribution in [-0.4, -0.2) is 12.8 Å². The van der Waals surface area contributed by atoms with Crippen LogP contribution in [-0.2, 0) is 0 Å². The number of hydrazone groups is 1. The van der Waals surface area contributed by atoms with E-state index in [4.69, 9.17) is 0 Å². The normalized spacial score (nSPS) is 18.6. The van der Waals surface area contributed by atoms with Crippen molar-refractivity contribution in [2.45, 2.75) is 5.92 Å². The number of benzene rings is 2. The zero-order valence-electron chi connectivity index (χ0n) is 9.53. The average molecular weight is 222 g/mol. The zero-order valence-corrected chi connectivity index (χ0v) is 9.53. The second-order valence-electron chi connectivity index (χ2n) is 4.20. The Morgan fingerprint density at radius 1 is 0.882 bits per heavy atom. The van der Waals surface area contributed by atoms with E-state index in [-0.39, 0.29) is 0 Å². The molecule has 1 atom stereocenters. The van der Waals surface area contributed by atoms with Crippen molar-refractivity contribution in [2.75, 3.05) is 11.6 Å². The maximum atomic E-state index is 4.47. The van der Waals surface area contributed by atoms with Crippen LogP contribution in [0.15, 0.2) is 65.8 Å². The molecule has 1 aliphatic heterocycles. The van der Waals surface area contributed by atoms with E-state index in [1.54, 1.807) is 0 Å². The van der Waals surface area contributed by atoms with Crippen molar-refractivity contribution in [2.24, 2.45) is 5.10 Å². The summed E-state index contributed by atoms with van der Waals surface area (Å²) in [5.41, 5.74) is 2.48. The lowest BCUT2D eigenvalue weighted by molar-refractivity contribution is 0.853. The fourth-order valence-electron chi connectivity index (χ4n) is 2.11. The Kier molecular flexibility index (Phi) is 2.62. The van der Waals surface area contributed by atoms with Crippen molar-refractivity contribution in [3.63, 3.8) is 0 Å². The summed E-state index contributed by atoms with van der Waals surface area (Å²) in [4.78, 5) is 0. The van der Waals surface area contributed by atoms with Crippen LogP contribution in [0.25, 0.3) is 0 Å². The lowest BCUT2D eigenvalue weighted by atomic mass is 10.0. The van der Waals surface area contributed by atoms with Crippen molar-refractivity contribution in [1.29, 1.82) is 0 Å². The predicted octanol–water partition coefficient (Wildman–Crippen LogP) is 3.28. The van der Waals surface area contributed by atoms with Gasteiger partial charge in [0.25, 0.3) is 0 Å². The van der Waals surface area contributed by atoms with Crippen LogP contribution in [0.2, 0.25) is 0 Å². The second kappa shape index (κ2) is 4.42. The molecule has 1 heterocycles. The van der Waals surface area contributed by atoms with Gasteiger partial charge in [0, 0.05) is 12.1 Å². The lowest BCUT2D eigenvalue weighted by Gasteiger charge is -2.15. The number of rotatable bonds is 2. The van der Waals surface area contributed by atoms with Gasteiger partial charge in [-0.15, -0.1) is 0 Å². The van der Waals surface area contributed by atoms with Gasteiger partial charge in [-0.05, 0) is 17.7 Å². The molecule has 0 N–H and O–H groups in total. The summed E-state index contributed by atoms with van der Waals surface area (Å²) in [7, 11) is 0. The van der Waals surface area contributed by atoms with Crippen LogP contribution < -0.4 is 5.01 Å². The molecule has 0 aromatic heterocycles. The molecule has 2 aromatic carbocycles. The summed E-state index contributed by atoms with van der Waals surface area (Å²) >= 11 is 0. The maximum Gasteiger partial charge on any atom is 0.0594 e. The molecule has 0 bridgehead atoms. The third kappa shape index (κ3) is 2.07.